The Morgan fingerprint density at radius 1 is 1.25 bits per heavy atom. The average molecular weight is 282 g/mol. The fourth-order valence-electron chi connectivity index (χ4n) is 2.02. The number of hydrogen-bond donors (Lipinski definition) is 3. The summed E-state index contributed by atoms with van der Waals surface area (Å²) in [6.07, 6.45) is 0. The molecule has 0 spiro atoms. The highest BCUT2D eigenvalue weighted by Crippen LogP contribution is 2.30. The van der Waals surface area contributed by atoms with E-state index in [1.165, 1.54) is 11.8 Å². The molecule has 0 fully saturated rings. The van der Waals surface area contributed by atoms with E-state index >= 15 is 0 Å². The van der Waals surface area contributed by atoms with Crippen molar-refractivity contribution in [2.45, 2.75) is 17.0 Å². The molecule has 0 saturated carbocycles. The number of amidine groups is 1. The number of fused-ring (bicyclic) bond motifs is 1. The quantitative estimate of drug-likeness (QED) is 0.509. The zero-order chi connectivity index (χ0) is 14.1. The lowest BCUT2D eigenvalue weighted by Crippen LogP contribution is -2.13. The molecule has 100 valence electrons. The van der Waals surface area contributed by atoms with E-state index in [-0.39, 0.29) is 5.84 Å². The van der Waals surface area contributed by atoms with E-state index < -0.39 is 0 Å². The van der Waals surface area contributed by atoms with E-state index in [1.54, 1.807) is 0 Å². The molecule has 3 rings (SSSR count). The van der Waals surface area contributed by atoms with Crippen LogP contribution in [-0.4, -0.2) is 15.8 Å². The van der Waals surface area contributed by atoms with Crippen molar-refractivity contribution in [3.63, 3.8) is 0 Å². The van der Waals surface area contributed by atoms with E-state index in [9.17, 15) is 0 Å². The smallest absolute Gasteiger partial charge is 0.125 e. The molecule has 0 saturated heterocycles. The Bertz CT molecular complexity index is 758. The lowest BCUT2D eigenvalue weighted by molar-refractivity contribution is 1.04. The summed E-state index contributed by atoms with van der Waals surface area (Å²) in [5.41, 5.74) is 8.28. The molecule has 0 bridgehead atoms. The third-order valence-corrected chi connectivity index (χ3v) is 3.95. The summed E-state index contributed by atoms with van der Waals surface area (Å²) in [5.74, 6) is 0.0381. The average Bonchev–Trinajstić information content (AvgIpc) is 2.80. The van der Waals surface area contributed by atoms with Crippen molar-refractivity contribution in [1.82, 2.24) is 9.97 Å². The molecule has 20 heavy (non-hydrogen) atoms. The first kappa shape index (κ1) is 12.7. The van der Waals surface area contributed by atoms with Gasteiger partial charge in [-0.15, -0.1) is 0 Å². The molecule has 0 aliphatic carbocycles. The van der Waals surface area contributed by atoms with Crippen LogP contribution in [0.4, 0.5) is 0 Å². The molecular weight excluding hydrogens is 268 g/mol. The molecule has 2 aromatic heterocycles. The van der Waals surface area contributed by atoms with Gasteiger partial charge in [0.05, 0.1) is 5.03 Å². The number of nitrogen functional groups attached to an aromatic ring is 1. The number of aryl methyl sites for hydroxylation is 1. The maximum absolute atomic E-state index is 7.63. The van der Waals surface area contributed by atoms with Crippen LogP contribution < -0.4 is 5.73 Å². The number of nitrogens with zero attached hydrogens (tertiary/aromatic N) is 1. The zero-order valence-electron chi connectivity index (χ0n) is 11.0. The van der Waals surface area contributed by atoms with Crippen LogP contribution in [0, 0.1) is 12.3 Å². The van der Waals surface area contributed by atoms with Crippen molar-refractivity contribution in [3.8, 4) is 0 Å². The summed E-state index contributed by atoms with van der Waals surface area (Å²) < 4.78 is 0. The minimum Gasteiger partial charge on any atom is -0.384 e. The fraction of sp³-hybridized carbons (Fsp3) is 0.0667. The van der Waals surface area contributed by atoms with Crippen LogP contribution in [0.25, 0.3) is 10.9 Å². The van der Waals surface area contributed by atoms with E-state index in [0.29, 0.717) is 5.56 Å². The standard InChI is InChI=1S/C15H14N4S/c1-9-6-7-11(14(16)17)15(18-9)20-13-8-10-4-2-3-5-12(10)19-13/h2-8,19H,1H3,(H3,16,17). The zero-order valence-corrected chi connectivity index (χ0v) is 11.8. The summed E-state index contributed by atoms with van der Waals surface area (Å²) in [5, 5.41) is 10.5. The van der Waals surface area contributed by atoms with E-state index in [2.05, 4.69) is 22.1 Å². The number of rotatable bonds is 3. The predicted octanol–water partition coefficient (Wildman–Crippen LogP) is 3.31. The summed E-state index contributed by atoms with van der Waals surface area (Å²) >= 11 is 1.49. The number of aromatic amines is 1. The predicted molar refractivity (Wildman–Crippen MR) is 82.4 cm³/mol. The first-order valence-corrected chi connectivity index (χ1v) is 7.03. The van der Waals surface area contributed by atoms with Crippen molar-refractivity contribution >= 4 is 28.5 Å². The molecule has 0 amide bonds. The van der Waals surface area contributed by atoms with Crippen molar-refractivity contribution < 1.29 is 0 Å². The molecule has 3 aromatic rings. The van der Waals surface area contributed by atoms with Crippen LogP contribution in [0.1, 0.15) is 11.3 Å². The topological polar surface area (TPSA) is 78.5 Å². The Balaban J connectivity index is 2.01. The highest BCUT2D eigenvalue weighted by atomic mass is 32.2. The SMILES string of the molecule is Cc1ccc(C(=N)N)c(Sc2cc3ccccc3[nH]2)n1. The van der Waals surface area contributed by atoms with Crippen LogP contribution in [-0.2, 0) is 0 Å². The molecular formula is C15H14N4S. The van der Waals surface area contributed by atoms with Gasteiger partial charge in [0, 0.05) is 22.2 Å². The Morgan fingerprint density at radius 3 is 2.80 bits per heavy atom. The van der Waals surface area contributed by atoms with Gasteiger partial charge in [-0.3, -0.25) is 5.41 Å². The van der Waals surface area contributed by atoms with Crippen molar-refractivity contribution in [3.05, 3.63) is 53.7 Å². The number of para-hydroxylation sites is 1. The van der Waals surface area contributed by atoms with E-state index in [1.807, 2.05) is 37.3 Å². The van der Waals surface area contributed by atoms with Crippen LogP contribution in [0.5, 0.6) is 0 Å². The third-order valence-electron chi connectivity index (χ3n) is 3.00. The van der Waals surface area contributed by atoms with Gasteiger partial charge in [-0.2, -0.15) is 0 Å². The van der Waals surface area contributed by atoms with Crippen molar-refractivity contribution in [2.24, 2.45) is 5.73 Å². The van der Waals surface area contributed by atoms with Gasteiger partial charge < -0.3 is 10.7 Å². The van der Waals surface area contributed by atoms with Crippen molar-refractivity contribution in [2.75, 3.05) is 0 Å². The second-order valence-corrected chi connectivity index (χ2v) is 5.57. The highest BCUT2D eigenvalue weighted by Gasteiger charge is 2.10. The van der Waals surface area contributed by atoms with Crippen LogP contribution in [0.2, 0.25) is 0 Å². The second kappa shape index (κ2) is 5.02. The highest BCUT2D eigenvalue weighted by molar-refractivity contribution is 7.99. The van der Waals surface area contributed by atoms with Gasteiger partial charge in [0.1, 0.15) is 10.9 Å². The van der Waals surface area contributed by atoms with E-state index in [0.717, 1.165) is 26.6 Å². The van der Waals surface area contributed by atoms with Gasteiger partial charge in [0.15, 0.2) is 0 Å². The van der Waals surface area contributed by atoms with E-state index in [4.69, 9.17) is 11.1 Å². The molecule has 4 N–H and O–H groups in total. The van der Waals surface area contributed by atoms with Gasteiger partial charge in [-0.05, 0) is 31.2 Å². The Labute approximate surface area is 120 Å². The lowest BCUT2D eigenvalue weighted by atomic mass is 10.2. The van der Waals surface area contributed by atoms with Crippen molar-refractivity contribution in [1.29, 1.82) is 5.41 Å². The summed E-state index contributed by atoms with van der Waals surface area (Å²) in [7, 11) is 0. The second-order valence-electron chi connectivity index (χ2n) is 4.54. The maximum atomic E-state index is 7.63. The number of nitrogens with two attached hydrogens (primary N) is 1. The Morgan fingerprint density at radius 2 is 2.05 bits per heavy atom. The van der Waals surface area contributed by atoms with Crippen LogP contribution in [0.15, 0.2) is 52.5 Å². The molecule has 0 aliphatic rings. The minimum atomic E-state index is 0.0381. The monoisotopic (exact) mass is 282 g/mol. The first-order chi connectivity index (χ1) is 9.63. The summed E-state index contributed by atoms with van der Waals surface area (Å²) in [6, 6.07) is 13.9. The molecule has 1 aromatic carbocycles. The Kier molecular flexibility index (Phi) is 3.20. The maximum Gasteiger partial charge on any atom is 0.125 e. The Hall–Kier alpha value is -2.27. The summed E-state index contributed by atoms with van der Waals surface area (Å²) in [6.45, 7) is 1.93. The number of nitrogens with one attached hydrogen (secondary N) is 2. The minimum absolute atomic E-state index is 0.0381. The van der Waals surface area contributed by atoms with Gasteiger partial charge >= 0.3 is 0 Å². The molecule has 0 unspecified atom stereocenters. The van der Waals surface area contributed by atoms with Gasteiger partial charge in [0.25, 0.3) is 0 Å². The number of benzene rings is 1. The molecule has 0 aliphatic heterocycles. The molecule has 0 atom stereocenters. The number of aromatic nitrogens is 2. The largest absolute Gasteiger partial charge is 0.384 e. The van der Waals surface area contributed by atoms with Crippen LogP contribution >= 0.6 is 11.8 Å². The van der Waals surface area contributed by atoms with Gasteiger partial charge in [-0.25, -0.2) is 4.98 Å². The summed E-state index contributed by atoms with van der Waals surface area (Å²) in [4.78, 5) is 7.82. The fourth-order valence-corrected chi connectivity index (χ4v) is 3.05. The number of hydrogen-bond acceptors (Lipinski definition) is 3. The molecule has 2 heterocycles. The van der Waals surface area contributed by atoms with Gasteiger partial charge in [-0.1, -0.05) is 30.0 Å². The third kappa shape index (κ3) is 2.40. The van der Waals surface area contributed by atoms with Crippen LogP contribution in [0.3, 0.4) is 0 Å². The number of pyridine rings is 1. The normalized spacial score (nSPS) is 10.8. The molecule has 5 heteroatoms. The lowest BCUT2D eigenvalue weighted by Gasteiger charge is -2.06. The number of H-pyrrole nitrogens is 1. The molecule has 0 radical (unpaired) electrons. The van der Waals surface area contributed by atoms with Gasteiger partial charge in [0.2, 0.25) is 0 Å². The molecule has 4 nitrogen and oxygen atoms in total. The first-order valence-electron chi connectivity index (χ1n) is 6.21.